The Balaban J connectivity index is 2.98. The first kappa shape index (κ1) is 14.9. The molecule has 19 heavy (non-hydrogen) atoms. The van der Waals surface area contributed by atoms with Crippen LogP contribution in [0, 0.1) is 0 Å². The van der Waals surface area contributed by atoms with E-state index >= 15 is 0 Å². The first-order chi connectivity index (χ1) is 8.77. The Morgan fingerprint density at radius 1 is 1.42 bits per heavy atom. The van der Waals surface area contributed by atoms with Crippen molar-refractivity contribution in [1.29, 1.82) is 0 Å². The molecule has 6 nitrogen and oxygen atoms in total. The summed E-state index contributed by atoms with van der Waals surface area (Å²) in [7, 11) is 2.35. The minimum absolute atomic E-state index is 0.652. The molecule has 0 aliphatic heterocycles. The second kappa shape index (κ2) is 5.65. The van der Waals surface area contributed by atoms with Gasteiger partial charge in [0.15, 0.2) is 0 Å². The maximum atomic E-state index is 12.6. The van der Waals surface area contributed by atoms with E-state index in [1.54, 1.807) is 5.32 Å². The average Bonchev–Trinajstić information content (AvgIpc) is 2.36. The zero-order chi connectivity index (χ0) is 14.6. The number of hydroxylamine groups is 2. The van der Waals surface area contributed by atoms with E-state index in [1.807, 2.05) is 0 Å². The van der Waals surface area contributed by atoms with Crippen molar-refractivity contribution in [2.45, 2.75) is 6.18 Å². The molecule has 0 unspecified atom stereocenters. The lowest BCUT2D eigenvalue weighted by Crippen LogP contribution is -2.40. The molecule has 104 valence electrons. The van der Waals surface area contributed by atoms with Crippen molar-refractivity contribution in [3.8, 4) is 0 Å². The molecular weight excluding hydrogens is 267 g/mol. The van der Waals surface area contributed by atoms with Crippen LogP contribution in [0.5, 0.6) is 0 Å². The molecule has 0 aromatic carbocycles. The number of imide groups is 1. The molecule has 1 heterocycles. The molecule has 0 radical (unpaired) electrons. The first-order valence-electron chi connectivity index (χ1n) is 4.91. The lowest BCUT2D eigenvalue weighted by molar-refractivity contribution is -0.138. The molecule has 0 atom stereocenters. The van der Waals surface area contributed by atoms with Crippen LogP contribution in [0.25, 0.3) is 0 Å². The summed E-state index contributed by atoms with van der Waals surface area (Å²) in [5, 5.41) is 2.40. The third kappa shape index (κ3) is 3.65. The van der Waals surface area contributed by atoms with E-state index < -0.39 is 29.2 Å². The van der Waals surface area contributed by atoms with E-state index in [2.05, 4.69) is 9.82 Å². The number of halogens is 3. The van der Waals surface area contributed by atoms with Crippen LogP contribution in [0.2, 0.25) is 0 Å². The minimum atomic E-state index is -4.72. The molecular formula is C10H10F3N3O3. The minimum Gasteiger partial charge on any atom is -0.273 e. The molecule has 0 saturated heterocycles. The molecule has 1 N–H and O–H groups in total. The average molecular weight is 277 g/mol. The number of aromatic nitrogens is 1. The summed E-state index contributed by atoms with van der Waals surface area (Å²) in [6.45, 7) is 0. The number of pyridine rings is 1. The fourth-order valence-corrected chi connectivity index (χ4v) is 1.15. The zero-order valence-electron chi connectivity index (χ0n) is 9.99. The van der Waals surface area contributed by atoms with Gasteiger partial charge in [0, 0.05) is 19.4 Å². The van der Waals surface area contributed by atoms with E-state index in [9.17, 15) is 22.8 Å². The van der Waals surface area contributed by atoms with E-state index in [0.29, 0.717) is 11.1 Å². The Labute approximate surface area is 106 Å². The first-order valence-corrected chi connectivity index (χ1v) is 4.91. The van der Waals surface area contributed by atoms with Crippen LogP contribution in [-0.2, 0) is 11.0 Å². The second-order valence-corrected chi connectivity index (χ2v) is 3.36. The van der Waals surface area contributed by atoms with E-state index in [4.69, 9.17) is 0 Å². The second-order valence-electron chi connectivity index (χ2n) is 3.36. The number of rotatable bonds is 2. The predicted octanol–water partition coefficient (Wildman–Crippen LogP) is 1.44. The Hall–Kier alpha value is -2.16. The zero-order valence-corrected chi connectivity index (χ0v) is 9.99. The van der Waals surface area contributed by atoms with Crippen molar-refractivity contribution < 1.29 is 27.6 Å². The van der Waals surface area contributed by atoms with Gasteiger partial charge in [-0.25, -0.2) is 9.86 Å². The summed E-state index contributed by atoms with van der Waals surface area (Å²) >= 11 is 0. The fraction of sp³-hybridized carbons (Fsp3) is 0.300. The van der Waals surface area contributed by atoms with Crippen LogP contribution < -0.4 is 5.32 Å². The maximum Gasteiger partial charge on any atom is 0.417 e. The maximum absolute atomic E-state index is 12.6. The molecule has 0 spiro atoms. The van der Waals surface area contributed by atoms with Crippen LogP contribution in [0.1, 0.15) is 15.9 Å². The number of hydrogen-bond donors (Lipinski definition) is 1. The third-order valence-electron chi connectivity index (χ3n) is 2.15. The monoisotopic (exact) mass is 277 g/mol. The van der Waals surface area contributed by atoms with Crippen molar-refractivity contribution in [1.82, 2.24) is 15.4 Å². The van der Waals surface area contributed by atoms with E-state index in [1.165, 1.54) is 7.05 Å². The predicted molar refractivity (Wildman–Crippen MR) is 56.9 cm³/mol. The standard InChI is InChI=1S/C10H10F3N3O3/c1-16(19-2)9(18)15-8(17)6-5-14-4-3-7(6)10(11,12)13/h3-5H,1-2H3,(H,15,17,18). The summed E-state index contributed by atoms with van der Waals surface area (Å²) in [6, 6.07) is -0.344. The number of hydrogen-bond acceptors (Lipinski definition) is 4. The van der Waals surface area contributed by atoms with Crippen LogP contribution >= 0.6 is 0 Å². The summed E-state index contributed by atoms with van der Waals surface area (Å²) < 4.78 is 37.9. The number of alkyl halides is 3. The Morgan fingerprint density at radius 2 is 2.05 bits per heavy atom. The van der Waals surface area contributed by atoms with Crippen LogP contribution in [-0.4, -0.2) is 36.1 Å². The van der Waals surface area contributed by atoms with Gasteiger partial charge in [0.25, 0.3) is 5.91 Å². The topological polar surface area (TPSA) is 71.5 Å². The lowest BCUT2D eigenvalue weighted by atomic mass is 10.1. The smallest absolute Gasteiger partial charge is 0.273 e. The number of nitrogens with zero attached hydrogens (tertiary/aromatic N) is 2. The summed E-state index contributed by atoms with van der Waals surface area (Å²) in [4.78, 5) is 30.8. The highest BCUT2D eigenvalue weighted by molar-refractivity contribution is 6.04. The van der Waals surface area contributed by atoms with Crippen molar-refractivity contribution in [2.24, 2.45) is 0 Å². The SMILES string of the molecule is CON(C)C(=O)NC(=O)c1cnccc1C(F)(F)F. The molecule has 0 aliphatic carbocycles. The van der Waals surface area contributed by atoms with Crippen molar-refractivity contribution in [3.05, 3.63) is 29.6 Å². The van der Waals surface area contributed by atoms with Crippen LogP contribution in [0.15, 0.2) is 18.5 Å². The number of amides is 3. The molecule has 1 rings (SSSR count). The van der Waals surface area contributed by atoms with Crippen LogP contribution in [0.3, 0.4) is 0 Å². The highest BCUT2D eigenvalue weighted by atomic mass is 19.4. The lowest BCUT2D eigenvalue weighted by Gasteiger charge is -2.15. The van der Waals surface area contributed by atoms with Gasteiger partial charge in [-0.1, -0.05) is 0 Å². The van der Waals surface area contributed by atoms with E-state index in [0.717, 1.165) is 19.5 Å². The largest absolute Gasteiger partial charge is 0.417 e. The van der Waals surface area contributed by atoms with Gasteiger partial charge < -0.3 is 0 Å². The molecule has 0 saturated carbocycles. The highest BCUT2D eigenvalue weighted by Crippen LogP contribution is 2.31. The number of urea groups is 1. The highest BCUT2D eigenvalue weighted by Gasteiger charge is 2.35. The summed E-state index contributed by atoms with van der Waals surface area (Å²) in [5.41, 5.74) is -1.92. The van der Waals surface area contributed by atoms with Crippen molar-refractivity contribution >= 4 is 11.9 Å². The van der Waals surface area contributed by atoms with Gasteiger partial charge in [0.1, 0.15) is 0 Å². The molecule has 0 aliphatic rings. The number of carbonyl (C=O) groups excluding carboxylic acids is 2. The van der Waals surface area contributed by atoms with Gasteiger partial charge in [-0.05, 0) is 6.07 Å². The normalized spacial score (nSPS) is 11.0. The van der Waals surface area contributed by atoms with Gasteiger partial charge in [-0.15, -0.1) is 0 Å². The third-order valence-corrected chi connectivity index (χ3v) is 2.15. The Bertz CT molecular complexity index is 490. The van der Waals surface area contributed by atoms with Gasteiger partial charge in [-0.2, -0.15) is 13.2 Å². The van der Waals surface area contributed by atoms with Crippen molar-refractivity contribution in [3.63, 3.8) is 0 Å². The Kier molecular flexibility index (Phi) is 4.43. The van der Waals surface area contributed by atoms with Crippen LogP contribution in [0.4, 0.5) is 18.0 Å². The molecule has 9 heteroatoms. The molecule has 3 amide bonds. The quantitative estimate of drug-likeness (QED) is 0.830. The molecule has 0 fully saturated rings. The van der Waals surface area contributed by atoms with Gasteiger partial charge in [-0.3, -0.25) is 19.9 Å². The molecule has 0 bridgehead atoms. The number of carbonyl (C=O) groups is 2. The number of nitrogens with one attached hydrogen (secondary N) is 1. The van der Waals surface area contributed by atoms with Gasteiger partial charge in [0.2, 0.25) is 0 Å². The molecule has 1 aromatic rings. The van der Waals surface area contributed by atoms with Crippen molar-refractivity contribution in [2.75, 3.05) is 14.2 Å². The summed E-state index contributed by atoms with van der Waals surface area (Å²) in [5.74, 6) is -1.21. The summed E-state index contributed by atoms with van der Waals surface area (Å²) in [6.07, 6.45) is -3.08. The van der Waals surface area contributed by atoms with E-state index in [-0.39, 0.29) is 0 Å². The van der Waals surface area contributed by atoms with Gasteiger partial charge >= 0.3 is 12.2 Å². The Morgan fingerprint density at radius 3 is 2.58 bits per heavy atom. The van der Waals surface area contributed by atoms with Gasteiger partial charge in [0.05, 0.1) is 18.2 Å². The fourth-order valence-electron chi connectivity index (χ4n) is 1.15. The molecule has 1 aromatic heterocycles.